The topological polar surface area (TPSA) is 12.0 Å². The smallest absolute Gasteiger partial charge is 0.00954 e. The summed E-state index contributed by atoms with van der Waals surface area (Å²) >= 11 is 0. The molecule has 0 bridgehead atoms. The highest BCUT2D eigenvalue weighted by atomic mass is 14.9. The van der Waals surface area contributed by atoms with Gasteiger partial charge in [-0.05, 0) is 30.6 Å². The van der Waals surface area contributed by atoms with E-state index < -0.39 is 0 Å². The molecule has 0 aliphatic heterocycles. The van der Waals surface area contributed by atoms with Gasteiger partial charge >= 0.3 is 0 Å². The summed E-state index contributed by atoms with van der Waals surface area (Å²) in [5.41, 5.74) is 0.578. The Morgan fingerprint density at radius 1 is 1.31 bits per heavy atom. The first-order valence-electron chi connectivity index (χ1n) is 5.67. The molecule has 1 saturated carbocycles. The standard InChI is InChI=1S/C12H25N/c1-9(2)13-11-6-7-12(4,5)8-10(11)3/h9-11,13H,6-8H2,1-5H3. The molecule has 0 aromatic heterocycles. The van der Waals surface area contributed by atoms with Crippen LogP contribution in [0.1, 0.15) is 53.9 Å². The molecule has 0 spiro atoms. The average molecular weight is 183 g/mol. The second-order valence-electron chi connectivity index (χ2n) is 5.81. The third-order valence-corrected chi connectivity index (χ3v) is 3.24. The Morgan fingerprint density at radius 2 is 1.92 bits per heavy atom. The predicted octanol–water partition coefficient (Wildman–Crippen LogP) is 3.20. The second-order valence-corrected chi connectivity index (χ2v) is 5.81. The number of rotatable bonds is 2. The highest BCUT2D eigenvalue weighted by molar-refractivity contribution is 4.87. The molecule has 78 valence electrons. The van der Waals surface area contributed by atoms with Gasteiger partial charge in [-0.3, -0.25) is 0 Å². The van der Waals surface area contributed by atoms with E-state index in [0.29, 0.717) is 11.5 Å². The Hall–Kier alpha value is -0.0400. The SMILES string of the molecule is CC(C)NC1CCC(C)(C)CC1C. The third kappa shape index (κ3) is 3.30. The van der Waals surface area contributed by atoms with E-state index in [1.54, 1.807) is 0 Å². The van der Waals surface area contributed by atoms with E-state index in [1.165, 1.54) is 19.3 Å². The van der Waals surface area contributed by atoms with Crippen LogP contribution >= 0.6 is 0 Å². The molecule has 1 rings (SSSR count). The molecule has 0 aromatic rings. The predicted molar refractivity (Wildman–Crippen MR) is 58.9 cm³/mol. The lowest BCUT2D eigenvalue weighted by atomic mass is 9.70. The van der Waals surface area contributed by atoms with Gasteiger partial charge in [0.25, 0.3) is 0 Å². The molecule has 2 unspecified atom stereocenters. The summed E-state index contributed by atoms with van der Waals surface area (Å²) < 4.78 is 0. The maximum absolute atomic E-state index is 3.67. The second kappa shape index (κ2) is 4.00. The van der Waals surface area contributed by atoms with E-state index >= 15 is 0 Å². The average Bonchev–Trinajstić information content (AvgIpc) is 1.93. The highest BCUT2D eigenvalue weighted by Crippen LogP contribution is 2.38. The van der Waals surface area contributed by atoms with Crippen molar-refractivity contribution in [2.45, 2.75) is 66.0 Å². The van der Waals surface area contributed by atoms with Crippen molar-refractivity contribution in [1.82, 2.24) is 5.32 Å². The van der Waals surface area contributed by atoms with Crippen LogP contribution in [0, 0.1) is 11.3 Å². The lowest BCUT2D eigenvalue weighted by molar-refractivity contribution is 0.144. The molecule has 0 radical (unpaired) electrons. The Morgan fingerprint density at radius 3 is 2.38 bits per heavy atom. The van der Waals surface area contributed by atoms with Crippen molar-refractivity contribution in [1.29, 1.82) is 0 Å². The van der Waals surface area contributed by atoms with Gasteiger partial charge < -0.3 is 5.32 Å². The molecule has 0 amide bonds. The monoisotopic (exact) mass is 183 g/mol. The van der Waals surface area contributed by atoms with Crippen molar-refractivity contribution in [3.8, 4) is 0 Å². The Labute approximate surface area is 83.3 Å². The molecule has 13 heavy (non-hydrogen) atoms. The van der Waals surface area contributed by atoms with Gasteiger partial charge in [0, 0.05) is 12.1 Å². The van der Waals surface area contributed by atoms with Gasteiger partial charge in [-0.25, -0.2) is 0 Å². The van der Waals surface area contributed by atoms with E-state index in [2.05, 4.69) is 39.9 Å². The lowest BCUT2D eigenvalue weighted by Crippen LogP contribution is -2.44. The molecule has 0 saturated heterocycles. The third-order valence-electron chi connectivity index (χ3n) is 3.24. The minimum Gasteiger partial charge on any atom is -0.312 e. The van der Waals surface area contributed by atoms with Crippen LogP contribution in [0.25, 0.3) is 0 Å². The van der Waals surface area contributed by atoms with Crippen LogP contribution in [0.4, 0.5) is 0 Å². The van der Waals surface area contributed by atoms with Crippen molar-refractivity contribution >= 4 is 0 Å². The van der Waals surface area contributed by atoms with Crippen molar-refractivity contribution in [3.05, 3.63) is 0 Å². The summed E-state index contributed by atoms with van der Waals surface area (Å²) in [6, 6.07) is 1.39. The van der Waals surface area contributed by atoms with E-state index in [0.717, 1.165) is 12.0 Å². The van der Waals surface area contributed by atoms with Gasteiger partial charge in [-0.15, -0.1) is 0 Å². The van der Waals surface area contributed by atoms with Crippen LogP contribution in [0.5, 0.6) is 0 Å². The van der Waals surface area contributed by atoms with Crippen LogP contribution in [0.15, 0.2) is 0 Å². The first-order valence-corrected chi connectivity index (χ1v) is 5.67. The lowest BCUT2D eigenvalue weighted by Gasteiger charge is -2.40. The van der Waals surface area contributed by atoms with E-state index in [9.17, 15) is 0 Å². The number of hydrogen-bond donors (Lipinski definition) is 1. The molecule has 1 aliphatic rings. The normalized spacial score (nSPS) is 33.7. The van der Waals surface area contributed by atoms with Crippen molar-refractivity contribution in [2.75, 3.05) is 0 Å². The van der Waals surface area contributed by atoms with Crippen LogP contribution < -0.4 is 5.32 Å². The minimum absolute atomic E-state index is 0.578. The van der Waals surface area contributed by atoms with Crippen LogP contribution in [0.2, 0.25) is 0 Å². The van der Waals surface area contributed by atoms with E-state index in [1.807, 2.05) is 0 Å². The maximum atomic E-state index is 3.67. The summed E-state index contributed by atoms with van der Waals surface area (Å²) in [6.07, 6.45) is 4.10. The molecule has 0 aromatic carbocycles. The molecular weight excluding hydrogens is 158 g/mol. The van der Waals surface area contributed by atoms with Gasteiger partial charge in [0.2, 0.25) is 0 Å². The summed E-state index contributed by atoms with van der Waals surface area (Å²) in [6.45, 7) is 11.7. The fourth-order valence-corrected chi connectivity index (χ4v) is 2.62. The molecule has 1 heteroatoms. The molecule has 2 atom stereocenters. The van der Waals surface area contributed by atoms with Crippen LogP contribution in [-0.4, -0.2) is 12.1 Å². The van der Waals surface area contributed by atoms with Crippen molar-refractivity contribution in [2.24, 2.45) is 11.3 Å². The first kappa shape index (κ1) is 11.0. The Balaban J connectivity index is 2.44. The number of hydrogen-bond acceptors (Lipinski definition) is 1. The first-order chi connectivity index (χ1) is 5.91. The molecule has 1 nitrogen and oxygen atoms in total. The number of nitrogens with one attached hydrogen (secondary N) is 1. The summed E-state index contributed by atoms with van der Waals surface area (Å²) in [4.78, 5) is 0. The summed E-state index contributed by atoms with van der Waals surface area (Å²) in [7, 11) is 0. The van der Waals surface area contributed by atoms with Crippen LogP contribution in [-0.2, 0) is 0 Å². The molecular formula is C12H25N. The molecule has 1 N–H and O–H groups in total. The van der Waals surface area contributed by atoms with E-state index in [-0.39, 0.29) is 0 Å². The van der Waals surface area contributed by atoms with Crippen LogP contribution in [0.3, 0.4) is 0 Å². The summed E-state index contributed by atoms with van der Waals surface area (Å²) in [5.74, 6) is 0.839. The molecule has 1 fully saturated rings. The maximum Gasteiger partial charge on any atom is 0.00954 e. The zero-order valence-electron chi connectivity index (χ0n) is 9.85. The van der Waals surface area contributed by atoms with Gasteiger partial charge in [-0.1, -0.05) is 34.6 Å². The van der Waals surface area contributed by atoms with Gasteiger partial charge in [0.15, 0.2) is 0 Å². The minimum atomic E-state index is 0.578. The van der Waals surface area contributed by atoms with Crippen molar-refractivity contribution in [3.63, 3.8) is 0 Å². The van der Waals surface area contributed by atoms with Gasteiger partial charge in [0.05, 0.1) is 0 Å². The molecule has 1 aliphatic carbocycles. The largest absolute Gasteiger partial charge is 0.312 e. The van der Waals surface area contributed by atoms with Crippen molar-refractivity contribution < 1.29 is 0 Å². The Bertz CT molecular complexity index is 161. The van der Waals surface area contributed by atoms with E-state index in [4.69, 9.17) is 0 Å². The van der Waals surface area contributed by atoms with Gasteiger partial charge in [-0.2, -0.15) is 0 Å². The molecule has 0 heterocycles. The summed E-state index contributed by atoms with van der Waals surface area (Å²) in [5, 5.41) is 3.67. The fourth-order valence-electron chi connectivity index (χ4n) is 2.62. The quantitative estimate of drug-likeness (QED) is 0.693. The fraction of sp³-hybridized carbons (Fsp3) is 1.00. The highest BCUT2D eigenvalue weighted by Gasteiger charge is 2.32. The zero-order valence-corrected chi connectivity index (χ0v) is 9.85. The van der Waals surface area contributed by atoms with Gasteiger partial charge in [0.1, 0.15) is 0 Å². The Kier molecular flexibility index (Phi) is 3.39. The zero-order chi connectivity index (χ0) is 10.1.